The molecule has 5 nitrogen and oxygen atoms in total. The van der Waals surface area contributed by atoms with Crippen LogP contribution in [-0.2, 0) is 6.54 Å². The summed E-state index contributed by atoms with van der Waals surface area (Å²) in [6, 6.07) is 0. The first kappa shape index (κ1) is 7.62. The Morgan fingerprint density at radius 1 is 1.55 bits per heavy atom. The van der Waals surface area contributed by atoms with Crippen LogP contribution in [0.4, 0.5) is 0 Å². The van der Waals surface area contributed by atoms with Crippen LogP contribution in [0.3, 0.4) is 0 Å². The van der Waals surface area contributed by atoms with Crippen molar-refractivity contribution in [3.63, 3.8) is 0 Å². The molecule has 0 aliphatic rings. The van der Waals surface area contributed by atoms with E-state index in [1.54, 1.807) is 0 Å². The normalized spacial score (nSPS) is 9.55. The average molecular weight is 153 g/mol. The fourth-order valence-electron chi connectivity index (χ4n) is 0.571. The van der Waals surface area contributed by atoms with Gasteiger partial charge in [-0.15, -0.1) is 0 Å². The van der Waals surface area contributed by atoms with Crippen molar-refractivity contribution in [2.45, 2.75) is 6.54 Å². The van der Waals surface area contributed by atoms with E-state index in [4.69, 9.17) is 10.8 Å². The first-order valence-electron chi connectivity index (χ1n) is 2.98. The molecule has 3 N–H and O–H groups in total. The summed E-state index contributed by atoms with van der Waals surface area (Å²) in [5, 5.41) is 8.39. The van der Waals surface area contributed by atoms with Crippen molar-refractivity contribution >= 4 is 5.97 Å². The lowest BCUT2D eigenvalue weighted by molar-refractivity contribution is 0.0683. The van der Waals surface area contributed by atoms with Crippen molar-refractivity contribution in [1.29, 1.82) is 0 Å². The molecule has 0 fully saturated rings. The number of nitrogens with two attached hydrogens (primary N) is 1. The molecule has 5 heteroatoms. The highest BCUT2D eigenvalue weighted by atomic mass is 16.4. The van der Waals surface area contributed by atoms with Crippen molar-refractivity contribution < 1.29 is 9.90 Å². The number of carboxylic acids is 1. The number of rotatable bonds is 2. The number of carboxylic acid groups (broad SMARTS) is 1. The molecule has 0 aromatic carbocycles. The maximum atomic E-state index is 10.2. The Labute approximate surface area is 62.9 Å². The van der Waals surface area contributed by atoms with Gasteiger partial charge in [0.2, 0.25) is 5.82 Å². The summed E-state index contributed by atoms with van der Waals surface area (Å²) in [7, 11) is 0. The third-order valence-electron chi connectivity index (χ3n) is 1.13. The van der Waals surface area contributed by atoms with E-state index >= 15 is 0 Å². The van der Waals surface area contributed by atoms with Crippen LogP contribution in [-0.4, -0.2) is 21.0 Å². The quantitative estimate of drug-likeness (QED) is 0.605. The largest absolute Gasteiger partial charge is 0.475 e. The lowest BCUT2D eigenvalue weighted by Gasteiger charge is -1.94. The zero-order valence-electron chi connectivity index (χ0n) is 5.69. The van der Waals surface area contributed by atoms with Crippen LogP contribution in [0.2, 0.25) is 0 Å². The molecule has 1 aromatic rings. The molecule has 0 aliphatic heterocycles. The second-order valence-electron chi connectivity index (χ2n) is 1.92. The first-order valence-corrected chi connectivity index (χ1v) is 2.98. The number of aromatic carboxylic acids is 1. The SMILES string of the molecule is NCc1cnc(C(=O)O)nc1. The van der Waals surface area contributed by atoms with E-state index in [1.807, 2.05) is 0 Å². The van der Waals surface area contributed by atoms with Crippen molar-refractivity contribution in [1.82, 2.24) is 9.97 Å². The zero-order chi connectivity index (χ0) is 8.27. The molecule has 0 aliphatic carbocycles. The van der Waals surface area contributed by atoms with E-state index < -0.39 is 5.97 Å². The summed E-state index contributed by atoms with van der Waals surface area (Å²) in [6.45, 7) is 0.319. The van der Waals surface area contributed by atoms with Gasteiger partial charge in [-0.05, 0) is 0 Å². The minimum Gasteiger partial charge on any atom is -0.475 e. The molecule has 0 saturated carbocycles. The smallest absolute Gasteiger partial charge is 0.373 e. The second kappa shape index (κ2) is 3.07. The summed E-state index contributed by atoms with van der Waals surface area (Å²) in [4.78, 5) is 17.4. The van der Waals surface area contributed by atoms with Crippen LogP contribution >= 0.6 is 0 Å². The number of nitrogens with zero attached hydrogens (tertiary/aromatic N) is 2. The molecule has 0 spiro atoms. The summed E-state index contributed by atoms with van der Waals surface area (Å²) in [5.41, 5.74) is 5.97. The lowest BCUT2D eigenvalue weighted by atomic mass is 10.3. The van der Waals surface area contributed by atoms with E-state index in [-0.39, 0.29) is 5.82 Å². The van der Waals surface area contributed by atoms with Crippen LogP contribution < -0.4 is 5.73 Å². The number of aromatic nitrogens is 2. The van der Waals surface area contributed by atoms with Gasteiger partial charge >= 0.3 is 5.97 Å². The Balaban J connectivity index is 2.91. The third kappa shape index (κ3) is 1.71. The van der Waals surface area contributed by atoms with Gasteiger partial charge in [-0.25, -0.2) is 14.8 Å². The Hall–Kier alpha value is -1.49. The lowest BCUT2D eigenvalue weighted by Crippen LogP contribution is -2.05. The first-order chi connectivity index (χ1) is 5.24. The van der Waals surface area contributed by atoms with E-state index in [0.717, 1.165) is 5.56 Å². The monoisotopic (exact) mass is 153 g/mol. The topological polar surface area (TPSA) is 89.1 Å². The maximum Gasteiger partial charge on any atom is 0.373 e. The van der Waals surface area contributed by atoms with Crippen LogP contribution in [0.1, 0.15) is 16.2 Å². The third-order valence-corrected chi connectivity index (χ3v) is 1.13. The van der Waals surface area contributed by atoms with Crippen molar-refractivity contribution in [2.75, 3.05) is 0 Å². The second-order valence-corrected chi connectivity index (χ2v) is 1.92. The minimum absolute atomic E-state index is 0.206. The number of carbonyl (C=O) groups is 1. The van der Waals surface area contributed by atoms with Gasteiger partial charge < -0.3 is 10.8 Å². The molecule has 1 aromatic heterocycles. The van der Waals surface area contributed by atoms with E-state index in [9.17, 15) is 4.79 Å². The summed E-state index contributed by atoms with van der Waals surface area (Å²) >= 11 is 0. The summed E-state index contributed by atoms with van der Waals surface area (Å²) in [6.07, 6.45) is 2.80. The maximum absolute atomic E-state index is 10.2. The number of hydrogen-bond donors (Lipinski definition) is 2. The molecule has 1 heterocycles. The van der Waals surface area contributed by atoms with Crippen molar-refractivity contribution in [2.24, 2.45) is 5.73 Å². The van der Waals surface area contributed by atoms with Crippen molar-refractivity contribution in [3.05, 3.63) is 23.8 Å². The van der Waals surface area contributed by atoms with Crippen LogP contribution in [0.5, 0.6) is 0 Å². The van der Waals surface area contributed by atoms with Crippen LogP contribution in [0.15, 0.2) is 12.4 Å². The Kier molecular flexibility index (Phi) is 2.12. The molecular weight excluding hydrogens is 146 g/mol. The highest BCUT2D eigenvalue weighted by Gasteiger charge is 2.03. The fourth-order valence-corrected chi connectivity index (χ4v) is 0.571. The van der Waals surface area contributed by atoms with Gasteiger partial charge in [0, 0.05) is 24.5 Å². The molecule has 0 unspecified atom stereocenters. The highest BCUT2D eigenvalue weighted by molar-refractivity contribution is 5.82. The molecule has 58 valence electrons. The molecule has 0 radical (unpaired) electrons. The van der Waals surface area contributed by atoms with E-state index in [2.05, 4.69) is 9.97 Å². The highest BCUT2D eigenvalue weighted by Crippen LogP contribution is 1.93. The molecule has 0 saturated heterocycles. The van der Waals surface area contributed by atoms with Gasteiger partial charge in [-0.2, -0.15) is 0 Å². The van der Waals surface area contributed by atoms with E-state index in [1.165, 1.54) is 12.4 Å². The van der Waals surface area contributed by atoms with Gasteiger partial charge in [-0.3, -0.25) is 0 Å². The fraction of sp³-hybridized carbons (Fsp3) is 0.167. The Morgan fingerprint density at radius 2 is 2.09 bits per heavy atom. The average Bonchev–Trinajstić information content (AvgIpc) is 2.05. The standard InChI is InChI=1S/C6H7N3O2/c7-1-4-2-8-5(6(10)11)9-3-4/h2-3H,1,7H2,(H,10,11). The molecular formula is C6H7N3O2. The number of hydrogen-bond acceptors (Lipinski definition) is 4. The van der Waals surface area contributed by atoms with Gasteiger partial charge in [0.25, 0.3) is 0 Å². The summed E-state index contributed by atoms with van der Waals surface area (Å²) in [5.74, 6) is -1.34. The molecule has 1 rings (SSSR count). The predicted molar refractivity (Wildman–Crippen MR) is 36.9 cm³/mol. The van der Waals surface area contributed by atoms with Crippen LogP contribution in [0, 0.1) is 0 Å². The molecule has 0 bridgehead atoms. The predicted octanol–water partition coefficient (Wildman–Crippen LogP) is -0.367. The Bertz CT molecular complexity index is 257. The van der Waals surface area contributed by atoms with Gasteiger partial charge in [0.1, 0.15) is 0 Å². The van der Waals surface area contributed by atoms with Crippen molar-refractivity contribution in [3.8, 4) is 0 Å². The van der Waals surface area contributed by atoms with Crippen LogP contribution in [0.25, 0.3) is 0 Å². The van der Waals surface area contributed by atoms with Gasteiger partial charge in [0.15, 0.2) is 0 Å². The summed E-state index contributed by atoms with van der Waals surface area (Å²) < 4.78 is 0. The molecule has 0 amide bonds. The van der Waals surface area contributed by atoms with Gasteiger partial charge in [0.05, 0.1) is 0 Å². The zero-order valence-corrected chi connectivity index (χ0v) is 5.69. The van der Waals surface area contributed by atoms with E-state index in [0.29, 0.717) is 6.54 Å². The molecule has 11 heavy (non-hydrogen) atoms. The van der Waals surface area contributed by atoms with Gasteiger partial charge in [-0.1, -0.05) is 0 Å². The minimum atomic E-state index is -1.13. The molecule has 0 atom stereocenters. The Morgan fingerprint density at radius 3 is 2.45 bits per heavy atom.